The molecule has 7 heteroatoms. The van der Waals surface area contributed by atoms with E-state index in [2.05, 4.69) is 15.0 Å². The molecule has 2 aromatic rings. The normalized spacial score (nSPS) is 19.9. The Kier molecular flexibility index (Phi) is 4.44. The zero-order chi connectivity index (χ0) is 15.5. The Hall–Kier alpha value is -1.86. The predicted octanol–water partition coefficient (Wildman–Crippen LogP) is 1.94. The molecule has 1 aliphatic heterocycles. The van der Waals surface area contributed by atoms with Crippen LogP contribution in [0.2, 0.25) is 0 Å². The van der Waals surface area contributed by atoms with Crippen LogP contribution in [0, 0.1) is 0 Å². The van der Waals surface area contributed by atoms with Gasteiger partial charge in [-0.25, -0.2) is 15.0 Å². The molecule has 0 aromatic carbocycles. The number of carbonyl (C=O) groups excluding carboxylic acids is 1. The van der Waals surface area contributed by atoms with Crippen LogP contribution in [0.15, 0.2) is 23.8 Å². The molecule has 0 spiro atoms. The molecule has 1 saturated heterocycles. The van der Waals surface area contributed by atoms with Crippen LogP contribution in [0.4, 0.5) is 0 Å². The van der Waals surface area contributed by atoms with E-state index in [1.807, 2.05) is 11.8 Å². The van der Waals surface area contributed by atoms with Crippen molar-refractivity contribution in [1.82, 2.24) is 19.9 Å². The lowest BCUT2D eigenvalue weighted by atomic mass is 9.96. The second-order valence-corrected chi connectivity index (χ2v) is 6.39. The largest absolute Gasteiger partial charge is 0.333 e. The summed E-state index contributed by atoms with van der Waals surface area (Å²) in [4.78, 5) is 27.4. The van der Waals surface area contributed by atoms with Gasteiger partial charge >= 0.3 is 0 Å². The van der Waals surface area contributed by atoms with Gasteiger partial charge in [0.2, 0.25) is 0 Å². The van der Waals surface area contributed by atoms with Gasteiger partial charge < -0.3 is 10.6 Å². The number of nitrogens with two attached hydrogens (primary N) is 1. The Balaban J connectivity index is 1.82. The number of thiazole rings is 1. The SMILES string of the molecule is C[C@@H](N)[C@H]1CCCCN1C(=O)c1csc(-c2ncccn2)n1. The minimum Gasteiger partial charge on any atom is -0.333 e. The van der Waals surface area contributed by atoms with Gasteiger partial charge in [0.05, 0.1) is 0 Å². The average Bonchev–Trinajstić information content (AvgIpc) is 3.05. The first kappa shape index (κ1) is 15.1. The highest BCUT2D eigenvalue weighted by Crippen LogP contribution is 2.24. The van der Waals surface area contributed by atoms with Crippen molar-refractivity contribution in [3.05, 3.63) is 29.5 Å². The summed E-state index contributed by atoms with van der Waals surface area (Å²) < 4.78 is 0. The number of carbonyl (C=O) groups is 1. The first-order chi connectivity index (χ1) is 10.7. The van der Waals surface area contributed by atoms with Gasteiger partial charge in [-0.1, -0.05) is 0 Å². The van der Waals surface area contributed by atoms with E-state index in [0.717, 1.165) is 25.8 Å². The lowest BCUT2D eigenvalue weighted by molar-refractivity contribution is 0.0578. The molecule has 22 heavy (non-hydrogen) atoms. The van der Waals surface area contributed by atoms with Crippen molar-refractivity contribution in [2.75, 3.05) is 6.54 Å². The third kappa shape index (κ3) is 3.00. The minimum atomic E-state index is -0.0413. The fraction of sp³-hybridized carbons (Fsp3) is 0.467. The van der Waals surface area contributed by atoms with Crippen LogP contribution < -0.4 is 5.73 Å². The highest BCUT2D eigenvalue weighted by Gasteiger charge is 2.31. The number of aromatic nitrogens is 3. The second-order valence-electron chi connectivity index (χ2n) is 5.53. The van der Waals surface area contributed by atoms with E-state index in [1.54, 1.807) is 23.8 Å². The molecule has 6 nitrogen and oxygen atoms in total. The maximum atomic E-state index is 12.7. The van der Waals surface area contributed by atoms with Gasteiger partial charge in [0.25, 0.3) is 5.91 Å². The summed E-state index contributed by atoms with van der Waals surface area (Å²) >= 11 is 1.39. The Bertz CT molecular complexity index is 642. The molecule has 0 aliphatic carbocycles. The van der Waals surface area contributed by atoms with Crippen molar-refractivity contribution in [1.29, 1.82) is 0 Å². The topological polar surface area (TPSA) is 85.0 Å². The van der Waals surface area contributed by atoms with Gasteiger partial charge in [0.1, 0.15) is 5.69 Å². The van der Waals surface area contributed by atoms with Gasteiger partial charge in [0, 0.05) is 36.4 Å². The first-order valence-corrected chi connectivity index (χ1v) is 8.34. The molecule has 2 N–H and O–H groups in total. The smallest absolute Gasteiger partial charge is 0.273 e. The van der Waals surface area contributed by atoms with Gasteiger partial charge in [-0.3, -0.25) is 4.79 Å². The Morgan fingerprint density at radius 2 is 2.18 bits per heavy atom. The molecule has 0 radical (unpaired) electrons. The zero-order valence-electron chi connectivity index (χ0n) is 12.5. The molecular weight excluding hydrogens is 298 g/mol. The van der Waals surface area contributed by atoms with Crippen LogP contribution in [0.25, 0.3) is 10.8 Å². The quantitative estimate of drug-likeness (QED) is 0.935. The molecule has 0 saturated carbocycles. The maximum Gasteiger partial charge on any atom is 0.273 e. The van der Waals surface area contributed by atoms with Crippen LogP contribution in [0.3, 0.4) is 0 Å². The van der Waals surface area contributed by atoms with Crippen molar-refractivity contribution in [3.8, 4) is 10.8 Å². The predicted molar refractivity (Wildman–Crippen MR) is 85.5 cm³/mol. The fourth-order valence-electron chi connectivity index (χ4n) is 2.79. The molecule has 1 aliphatic rings. The van der Waals surface area contributed by atoms with E-state index < -0.39 is 0 Å². The third-order valence-corrected chi connectivity index (χ3v) is 4.74. The number of hydrogen-bond donors (Lipinski definition) is 1. The molecule has 3 rings (SSSR count). The Labute approximate surface area is 133 Å². The van der Waals surface area contributed by atoms with E-state index in [9.17, 15) is 4.79 Å². The molecule has 116 valence electrons. The fourth-order valence-corrected chi connectivity index (χ4v) is 3.53. The molecule has 3 heterocycles. The first-order valence-electron chi connectivity index (χ1n) is 7.46. The second kappa shape index (κ2) is 6.50. The summed E-state index contributed by atoms with van der Waals surface area (Å²) in [7, 11) is 0. The zero-order valence-corrected chi connectivity index (χ0v) is 13.3. The third-order valence-electron chi connectivity index (χ3n) is 3.90. The summed E-state index contributed by atoms with van der Waals surface area (Å²) in [5.74, 6) is 0.509. The van der Waals surface area contributed by atoms with E-state index in [-0.39, 0.29) is 18.0 Å². The summed E-state index contributed by atoms with van der Waals surface area (Å²) in [5, 5.41) is 2.44. The number of rotatable bonds is 3. The number of hydrogen-bond acceptors (Lipinski definition) is 6. The molecular formula is C15H19N5OS. The summed E-state index contributed by atoms with van der Waals surface area (Å²) in [6.07, 6.45) is 6.44. The van der Waals surface area contributed by atoms with E-state index in [4.69, 9.17) is 5.73 Å². The highest BCUT2D eigenvalue weighted by molar-refractivity contribution is 7.13. The van der Waals surface area contributed by atoms with Crippen LogP contribution in [-0.4, -0.2) is 44.4 Å². The van der Waals surface area contributed by atoms with Gasteiger partial charge in [0.15, 0.2) is 10.8 Å². The molecule has 2 aromatic heterocycles. The minimum absolute atomic E-state index is 0.0280. The standard InChI is InChI=1S/C15H19N5OS/c1-10(16)12-5-2-3-8-20(12)15(21)11-9-22-14(19-11)13-17-6-4-7-18-13/h4,6-7,9-10,12H,2-3,5,8,16H2,1H3/t10-,12-/m1/s1. The summed E-state index contributed by atoms with van der Waals surface area (Å²) in [5.41, 5.74) is 6.50. The van der Waals surface area contributed by atoms with Crippen LogP contribution in [-0.2, 0) is 0 Å². The summed E-state index contributed by atoms with van der Waals surface area (Å²) in [6.45, 7) is 2.71. The average molecular weight is 317 g/mol. The van der Waals surface area contributed by atoms with Crippen LogP contribution in [0.1, 0.15) is 36.7 Å². The Morgan fingerprint density at radius 3 is 2.91 bits per heavy atom. The summed E-state index contributed by atoms with van der Waals surface area (Å²) in [6, 6.07) is 1.82. The highest BCUT2D eigenvalue weighted by atomic mass is 32.1. The molecule has 2 atom stereocenters. The van der Waals surface area contributed by atoms with Gasteiger partial charge in [-0.2, -0.15) is 0 Å². The van der Waals surface area contributed by atoms with Crippen molar-refractivity contribution < 1.29 is 4.79 Å². The molecule has 0 unspecified atom stereocenters. The lowest BCUT2D eigenvalue weighted by Gasteiger charge is -2.37. The number of nitrogens with zero attached hydrogens (tertiary/aromatic N) is 4. The van der Waals surface area contributed by atoms with E-state index in [0.29, 0.717) is 16.5 Å². The van der Waals surface area contributed by atoms with Crippen LogP contribution in [0.5, 0.6) is 0 Å². The lowest BCUT2D eigenvalue weighted by Crippen LogP contribution is -2.51. The number of likely N-dealkylation sites (tertiary alicyclic amines) is 1. The maximum absolute atomic E-state index is 12.7. The molecule has 1 amide bonds. The molecule has 0 bridgehead atoms. The van der Waals surface area contributed by atoms with Crippen molar-refractivity contribution in [2.45, 2.75) is 38.3 Å². The van der Waals surface area contributed by atoms with Crippen molar-refractivity contribution in [2.24, 2.45) is 5.73 Å². The van der Waals surface area contributed by atoms with Gasteiger partial charge in [-0.15, -0.1) is 11.3 Å². The van der Waals surface area contributed by atoms with Crippen LogP contribution >= 0.6 is 11.3 Å². The number of amides is 1. The Morgan fingerprint density at radius 1 is 1.41 bits per heavy atom. The monoisotopic (exact) mass is 317 g/mol. The van der Waals surface area contributed by atoms with Gasteiger partial charge in [-0.05, 0) is 32.3 Å². The number of piperidine rings is 1. The van der Waals surface area contributed by atoms with E-state index >= 15 is 0 Å². The van der Waals surface area contributed by atoms with Crippen molar-refractivity contribution in [3.63, 3.8) is 0 Å². The molecule has 1 fully saturated rings. The van der Waals surface area contributed by atoms with Crippen molar-refractivity contribution >= 4 is 17.2 Å². The van der Waals surface area contributed by atoms with E-state index in [1.165, 1.54) is 11.3 Å².